The van der Waals surface area contributed by atoms with E-state index in [1.807, 2.05) is 28.8 Å². The smallest absolute Gasteiger partial charge is 0.270 e. The summed E-state index contributed by atoms with van der Waals surface area (Å²) in [5.41, 5.74) is 0.789. The Hall–Kier alpha value is -0.810. The normalized spacial score (nSPS) is 19.6. The van der Waals surface area contributed by atoms with Gasteiger partial charge in [-0.15, -0.1) is 0 Å². The van der Waals surface area contributed by atoms with Crippen LogP contribution in [0.2, 0.25) is 0 Å². The minimum Gasteiger partial charge on any atom is -0.340 e. The molecule has 112 valence electrons. The molecule has 0 bridgehead atoms. The number of aromatic nitrogens is 1. The van der Waals surface area contributed by atoms with Crippen molar-refractivity contribution in [3.8, 4) is 0 Å². The number of hydrogen-bond donors (Lipinski definition) is 1. The predicted molar refractivity (Wildman–Crippen MR) is 85.1 cm³/mol. The van der Waals surface area contributed by atoms with Crippen molar-refractivity contribution < 1.29 is 4.79 Å². The van der Waals surface area contributed by atoms with Crippen molar-refractivity contribution >= 4 is 21.8 Å². The van der Waals surface area contributed by atoms with Gasteiger partial charge in [0.15, 0.2) is 0 Å². The van der Waals surface area contributed by atoms with Gasteiger partial charge in [-0.3, -0.25) is 4.79 Å². The van der Waals surface area contributed by atoms with Gasteiger partial charge >= 0.3 is 0 Å². The fraction of sp³-hybridized carbons (Fsp3) is 0.667. The van der Waals surface area contributed by atoms with Gasteiger partial charge in [-0.05, 0) is 68.2 Å². The summed E-state index contributed by atoms with van der Waals surface area (Å²) < 4.78 is 3.02. The van der Waals surface area contributed by atoms with Crippen LogP contribution in [-0.2, 0) is 0 Å². The summed E-state index contributed by atoms with van der Waals surface area (Å²) in [5.74, 6) is 0.730. The molecule has 1 aliphatic rings. The first kappa shape index (κ1) is 15.6. The van der Waals surface area contributed by atoms with E-state index in [4.69, 9.17) is 0 Å². The zero-order valence-electron chi connectivity index (χ0n) is 12.5. The van der Waals surface area contributed by atoms with Gasteiger partial charge in [-0.2, -0.15) is 0 Å². The maximum absolute atomic E-state index is 12.8. The lowest BCUT2D eigenvalue weighted by Crippen LogP contribution is -2.43. The van der Waals surface area contributed by atoms with E-state index in [9.17, 15) is 4.79 Å². The molecule has 2 heterocycles. The van der Waals surface area contributed by atoms with E-state index in [0.29, 0.717) is 5.92 Å². The highest BCUT2D eigenvalue weighted by molar-refractivity contribution is 9.10. The summed E-state index contributed by atoms with van der Waals surface area (Å²) in [6.45, 7) is 6.92. The van der Waals surface area contributed by atoms with E-state index in [2.05, 4.69) is 35.1 Å². The van der Waals surface area contributed by atoms with Crippen LogP contribution in [0.15, 0.2) is 16.7 Å². The van der Waals surface area contributed by atoms with Gasteiger partial charge < -0.3 is 14.8 Å². The van der Waals surface area contributed by atoms with Crippen LogP contribution in [0, 0.1) is 5.92 Å². The quantitative estimate of drug-likeness (QED) is 0.914. The Morgan fingerprint density at radius 3 is 2.95 bits per heavy atom. The SMILES string of the molecule is CNCC1CCCN(C(=O)c2cc(Br)cn2C(C)C)C1. The fourth-order valence-corrected chi connectivity index (χ4v) is 3.35. The fourth-order valence-electron chi connectivity index (χ4n) is 2.91. The van der Waals surface area contributed by atoms with Crippen LogP contribution >= 0.6 is 15.9 Å². The summed E-state index contributed by atoms with van der Waals surface area (Å²) in [4.78, 5) is 14.8. The number of piperidine rings is 1. The molecule has 0 radical (unpaired) electrons. The average Bonchev–Trinajstić information content (AvgIpc) is 2.81. The van der Waals surface area contributed by atoms with Crippen molar-refractivity contribution in [2.24, 2.45) is 5.92 Å². The molecule has 0 saturated carbocycles. The number of carbonyl (C=O) groups is 1. The molecule has 1 aliphatic heterocycles. The van der Waals surface area contributed by atoms with Gasteiger partial charge in [0, 0.05) is 29.8 Å². The molecule has 1 saturated heterocycles. The molecular weight excluding hydrogens is 318 g/mol. The number of hydrogen-bond acceptors (Lipinski definition) is 2. The molecule has 1 aromatic heterocycles. The number of carbonyl (C=O) groups excluding carboxylic acids is 1. The summed E-state index contributed by atoms with van der Waals surface area (Å²) in [6, 6.07) is 2.22. The molecule has 1 atom stereocenters. The van der Waals surface area contributed by atoms with Crippen molar-refractivity contribution in [3.05, 3.63) is 22.4 Å². The number of nitrogens with one attached hydrogen (secondary N) is 1. The molecule has 0 aromatic carbocycles. The average molecular weight is 342 g/mol. The molecule has 5 heteroatoms. The minimum absolute atomic E-state index is 0.158. The Labute approximate surface area is 129 Å². The van der Waals surface area contributed by atoms with Crippen molar-refractivity contribution in [1.82, 2.24) is 14.8 Å². The minimum atomic E-state index is 0.158. The molecule has 0 aliphatic carbocycles. The molecule has 1 fully saturated rings. The van der Waals surface area contributed by atoms with Crippen molar-refractivity contribution in [1.29, 1.82) is 0 Å². The second kappa shape index (κ2) is 6.76. The summed E-state index contributed by atoms with van der Waals surface area (Å²) >= 11 is 3.48. The Morgan fingerprint density at radius 2 is 2.30 bits per heavy atom. The van der Waals surface area contributed by atoms with Gasteiger partial charge in [-0.1, -0.05) is 0 Å². The van der Waals surface area contributed by atoms with Gasteiger partial charge in [0.05, 0.1) is 0 Å². The molecule has 1 amide bonds. The van der Waals surface area contributed by atoms with Crippen LogP contribution in [0.3, 0.4) is 0 Å². The molecule has 2 rings (SSSR count). The third kappa shape index (κ3) is 3.44. The molecule has 20 heavy (non-hydrogen) atoms. The number of likely N-dealkylation sites (tertiary alicyclic amines) is 1. The highest BCUT2D eigenvalue weighted by Gasteiger charge is 2.26. The monoisotopic (exact) mass is 341 g/mol. The zero-order chi connectivity index (χ0) is 14.7. The van der Waals surface area contributed by atoms with Crippen LogP contribution in [0.25, 0.3) is 0 Å². The lowest BCUT2D eigenvalue weighted by Gasteiger charge is -2.33. The molecule has 1 unspecified atom stereocenters. The van der Waals surface area contributed by atoms with Crippen molar-refractivity contribution in [2.45, 2.75) is 32.7 Å². The predicted octanol–water partition coefficient (Wildman–Crippen LogP) is 2.90. The second-order valence-electron chi connectivity index (χ2n) is 5.86. The highest BCUT2D eigenvalue weighted by atomic mass is 79.9. The van der Waals surface area contributed by atoms with Gasteiger partial charge in [-0.25, -0.2) is 0 Å². The summed E-state index contributed by atoms with van der Waals surface area (Å²) in [6.07, 6.45) is 4.30. The summed E-state index contributed by atoms with van der Waals surface area (Å²) in [7, 11) is 1.97. The lowest BCUT2D eigenvalue weighted by atomic mass is 9.98. The van der Waals surface area contributed by atoms with Crippen LogP contribution in [-0.4, -0.2) is 42.1 Å². The Kier molecular flexibility index (Phi) is 5.27. The van der Waals surface area contributed by atoms with Gasteiger partial charge in [0.25, 0.3) is 5.91 Å². The standard InChI is InChI=1S/C15H24BrN3O/c1-11(2)19-10-13(16)7-14(19)15(20)18-6-4-5-12(9-18)8-17-3/h7,10-12,17H,4-6,8-9H2,1-3H3. The first-order chi connectivity index (χ1) is 9.52. The largest absolute Gasteiger partial charge is 0.340 e. The third-order valence-corrected chi connectivity index (χ3v) is 4.32. The topological polar surface area (TPSA) is 37.3 Å². The van der Waals surface area contributed by atoms with E-state index < -0.39 is 0 Å². The number of nitrogens with zero attached hydrogens (tertiary/aromatic N) is 2. The van der Waals surface area contributed by atoms with Crippen LogP contribution < -0.4 is 5.32 Å². The van der Waals surface area contributed by atoms with E-state index in [-0.39, 0.29) is 11.9 Å². The molecule has 0 spiro atoms. The first-order valence-corrected chi connectivity index (χ1v) is 8.13. The van der Waals surface area contributed by atoms with Crippen LogP contribution in [0.5, 0.6) is 0 Å². The highest BCUT2D eigenvalue weighted by Crippen LogP contribution is 2.23. The third-order valence-electron chi connectivity index (χ3n) is 3.89. The maximum atomic E-state index is 12.8. The number of amides is 1. The van der Waals surface area contributed by atoms with Crippen molar-refractivity contribution in [2.75, 3.05) is 26.7 Å². The second-order valence-corrected chi connectivity index (χ2v) is 6.78. The van der Waals surface area contributed by atoms with Crippen molar-refractivity contribution in [3.63, 3.8) is 0 Å². The van der Waals surface area contributed by atoms with Gasteiger partial charge in [0.1, 0.15) is 5.69 Å². The van der Waals surface area contributed by atoms with E-state index in [0.717, 1.165) is 36.2 Å². The van der Waals surface area contributed by atoms with E-state index >= 15 is 0 Å². The summed E-state index contributed by atoms with van der Waals surface area (Å²) in [5, 5.41) is 3.22. The molecule has 4 nitrogen and oxygen atoms in total. The van der Waals surface area contributed by atoms with Gasteiger partial charge in [0.2, 0.25) is 0 Å². The zero-order valence-corrected chi connectivity index (χ0v) is 14.1. The van der Waals surface area contributed by atoms with Crippen LogP contribution in [0.4, 0.5) is 0 Å². The number of rotatable bonds is 4. The number of halogens is 1. The molecule has 1 aromatic rings. The Morgan fingerprint density at radius 1 is 1.55 bits per heavy atom. The molecular formula is C15H24BrN3O. The van der Waals surface area contributed by atoms with E-state index in [1.165, 1.54) is 6.42 Å². The first-order valence-electron chi connectivity index (χ1n) is 7.34. The lowest BCUT2D eigenvalue weighted by molar-refractivity contribution is 0.0661. The Balaban J connectivity index is 2.14. The van der Waals surface area contributed by atoms with Crippen LogP contribution in [0.1, 0.15) is 43.2 Å². The van der Waals surface area contributed by atoms with E-state index in [1.54, 1.807) is 0 Å². The molecule has 1 N–H and O–H groups in total. The maximum Gasteiger partial charge on any atom is 0.270 e. The Bertz CT molecular complexity index is 468.